The summed E-state index contributed by atoms with van der Waals surface area (Å²) in [6, 6.07) is 24.2. The molecule has 8 heteroatoms. The molecule has 2 aliphatic rings. The second-order valence-electron chi connectivity index (χ2n) is 10.7. The van der Waals surface area contributed by atoms with Gasteiger partial charge in [0, 0.05) is 12.5 Å². The third-order valence-electron chi connectivity index (χ3n) is 7.79. The van der Waals surface area contributed by atoms with Crippen molar-refractivity contribution < 1.29 is 18.8 Å². The fraction of sp³-hybridized carbons (Fsp3) is 0.300. The van der Waals surface area contributed by atoms with E-state index < -0.39 is 24.4 Å². The number of para-hydroxylation sites is 1. The second kappa shape index (κ2) is 10.3. The summed E-state index contributed by atoms with van der Waals surface area (Å²) in [4.78, 5) is 12.9. The molecule has 38 heavy (non-hydrogen) atoms. The Balaban J connectivity index is 1.31. The molecule has 4 N–H and O–H groups in total. The number of alkyl carbamates (subject to hydrolysis) is 1. The molecule has 0 unspecified atom stereocenters. The first-order chi connectivity index (χ1) is 18.2. The van der Waals surface area contributed by atoms with Crippen LogP contribution < -0.4 is 16.6 Å². The number of anilines is 1. The third-order valence-corrected chi connectivity index (χ3v) is 7.79. The number of hydrogen-bond donors (Lipinski definition) is 3. The summed E-state index contributed by atoms with van der Waals surface area (Å²) in [6.45, 7) is 8.43. The molecular weight excluding hydrogens is 477 g/mol. The lowest BCUT2D eigenvalue weighted by Gasteiger charge is -2.32. The number of carbonyl (C=O) groups excluding carboxylic acids is 1. The van der Waals surface area contributed by atoms with Crippen LogP contribution in [0.5, 0.6) is 0 Å². The number of fused-ring (bicyclic) bond motifs is 3. The van der Waals surface area contributed by atoms with Gasteiger partial charge in [0.1, 0.15) is 6.61 Å². The molecule has 0 atom stereocenters. The SMILES string of the molecule is CC1(C)OB(C(=Cc2ccccc2NN)CNC(=O)OCC2c3ccccc3-c3ccccc32)OC1(C)C. The summed E-state index contributed by atoms with van der Waals surface area (Å²) >= 11 is 0. The Morgan fingerprint density at radius 3 is 2.08 bits per heavy atom. The van der Waals surface area contributed by atoms with Crippen LogP contribution in [0.15, 0.2) is 78.3 Å². The zero-order valence-corrected chi connectivity index (χ0v) is 22.3. The second-order valence-corrected chi connectivity index (χ2v) is 10.7. The number of hydrazine groups is 1. The standard InChI is InChI=1S/C30H34BN3O4/c1-29(2)30(3,4)38-31(37-29)21(17-20-11-5-10-16-27(20)34-32)18-33-28(35)36-19-26-24-14-8-6-12-22(24)23-13-7-9-15-25(23)26/h5-17,26,34H,18-19,32H2,1-4H3,(H,33,35). The summed E-state index contributed by atoms with van der Waals surface area (Å²) in [6.07, 6.45) is 1.43. The van der Waals surface area contributed by atoms with Crippen LogP contribution in [-0.4, -0.2) is 37.6 Å². The van der Waals surface area contributed by atoms with E-state index in [1.807, 2.05) is 82.3 Å². The van der Waals surface area contributed by atoms with Gasteiger partial charge in [0.2, 0.25) is 0 Å². The number of carbonyl (C=O) groups is 1. The molecule has 1 heterocycles. The molecule has 3 aromatic rings. The van der Waals surface area contributed by atoms with Crippen molar-refractivity contribution in [2.24, 2.45) is 5.84 Å². The maximum Gasteiger partial charge on any atom is 0.492 e. The van der Waals surface area contributed by atoms with Crippen molar-refractivity contribution >= 4 is 25.0 Å². The minimum atomic E-state index is -0.639. The maximum atomic E-state index is 12.9. The zero-order valence-electron chi connectivity index (χ0n) is 22.3. The molecular formula is C30H34BN3O4. The predicted molar refractivity (Wildman–Crippen MR) is 151 cm³/mol. The molecule has 7 nitrogen and oxygen atoms in total. The van der Waals surface area contributed by atoms with Crippen LogP contribution >= 0.6 is 0 Å². The number of ether oxygens (including phenoxy) is 1. The van der Waals surface area contributed by atoms with Gasteiger partial charge in [-0.15, -0.1) is 0 Å². The number of nitrogens with two attached hydrogens (primary N) is 1. The smallest absolute Gasteiger partial charge is 0.449 e. The average Bonchev–Trinajstić information content (AvgIpc) is 3.34. The van der Waals surface area contributed by atoms with E-state index in [0.717, 1.165) is 16.7 Å². The highest BCUT2D eigenvalue weighted by molar-refractivity contribution is 6.56. The maximum absolute atomic E-state index is 12.9. The van der Waals surface area contributed by atoms with Crippen molar-refractivity contribution in [2.45, 2.75) is 44.8 Å². The van der Waals surface area contributed by atoms with Crippen molar-refractivity contribution in [3.8, 4) is 11.1 Å². The Morgan fingerprint density at radius 1 is 0.921 bits per heavy atom. The van der Waals surface area contributed by atoms with Gasteiger partial charge in [-0.2, -0.15) is 0 Å². The van der Waals surface area contributed by atoms with Gasteiger partial charge in [-0.3, -0.25) is 5.84 Å². The Labute approximate surface area is 224 Å². The molecule has 1 aliphatic heterocycles. The number of nitrogen functional groups attached to an aromatic ring is 1. The Bertz CT molecular complexity index is 1310. The van der Waals surface area contributed by atoms with Crippen molar-refractivity contribution in [3.05, 3.63) is 95.0 Å². The third kappa shape index (κ3) is 4.95. The molecule has 0 saturated carbocycles. The largest absolute Gasteiger partial charge is 0.492 e. The molecule has 0 radical (unpaired) electrons. The number of nitrogens with one attached hydrogen (secondary N) is 2. The van der Waals surface area contributed by atoms with Crippen molar-refractivity contribution in [1.29, 1.82) is 0 Å². The van der Waals surface area contributed by atoms with Crippen LogP contribution in [0.25, 0.3) is 17.2 Å². The van der Waals surface area contributed by atoms with Crippen LogP contribution in [0.2, 0.25) is 0 Å². The number of benzene rings is 3. The van der Waals surface area contributed by atoms with E-state index in [9.17, 15) is 4.79 Å². The molecule has 196 valence electrons. The fourth-order valence-electron chi connectivity index (χ4n) is 4.97. The molecule has 1 aliphatic carbocycles. The van der Waals surface area contributed by atoms with Crippen LogP contribution in [0.1, 0.15) is 50.3 Å². The Kier molecular flexibility index (Phi) is 7.05. The van der Waals surface area contributed by atoms with E-state index in [1.54, 1.807) is 0 Å². The lowest BCUT2D eigenvalue weighted by Crippen LogP contribution is -2.41. The quantitative estimate of drug-likeness (QED) is 0.220. The first kappa shape index (κ1) is 26.0. The van der Waals surface area contributed by atoms with Crippen LogP contribution in [0.4, 0.5) is 10.5 Å². The molecule has 0 spiro atoms. The average molecular weight is 511 g/mol. The molecule has 1 amide bonds. The van der Waals surface area contributed by atoms with E-state index in [4.69, 9.17) is 19.9 Å². The first-order valence-electron chi connectivity index (χ1n) is 12.9. The molecule has 0 bridgehead atoms. The van der Waals surface area contributed by atoms with E-state index >= 15 is 0 Å². The summed E-state index contributed by atoms with van der Waals surface area (Å²) < 4.78 is 18.3. The number of rotatable bonds is 7. The molecule has 0 aromatic heterocycles. The van der Waals surface area contributed by atoms with Crippen LogP contribution in [0, 0.1) is 0 Å². The summed E-state index contributed by atoms with van der Waals surface area (Å²) in [5, 5.41) is 2.90. The summed E-state index contributed by atoms with van der Waals surface area (Å²) in [7, 11) is -0.639. The normalized spacial score (nSPS) is 17.6. The first-order valence-corrected chi connectivity index (χ1v) is 12.9. The molecule has 5 rings (SSSR count). The van der Waals surface area contributed by atoms with E-state index in [0.29, 0.717) is 0 Å². The van der Waals surface area contributed by atoms with E-state index in [2.05, 4.69) is 35.0 Å². The Morgan fingerprint density at radius 2 is 1.47 bits per heavy atom. The zero-order chi connectivity index (χ0) is 26.9. The summed E-state index contributed by atoms with van der Waals surface area (Å²) in [5.41, 5.74) is 8.76. The number of hydrogen-bond acceptors (Lipinski definition) is 6. The minimum absolute atomic E-state index is 0.00577. The van der Waals surface area contributed by atoms with Gasteiger partial charge >= 0.3 is 13.2 Å². The van der Waals surface area contributed by atoms with Gasteiger partial charge in [-0.05, 0) is 67.1 Å². The molecule has 1 saturated heterocycles. The van der Waals surface area contributed by atoms with Gasteiger partial charge < -0.3 is 24.8 Å². The highest BCUT2D eigenvalue weighted by Crippen LogP contribution is 2.44. The Hall–Kier alpha value is -3.59. The predicted octanol–water partition coefficient (Wildman–Crippen LogP) is 5.53. The summed E-state index contributed by atoms with van der Waals surface area (Å²) in [5.74, 6) is 5.72. The van der Waals surface area contributed by atoms with Gasteiger partial charge in [0.15, 0.2) is 0 Å². The lowest BCUT2D eigenvalue weighted by molar-refractivity contribution is 0.00578. The van der Waals surface area contributed by atoms with E-state index in [-0.39, 0.29) is 19.1 Å². The van der Waals surface area contributed by atoms with Gasteiger partial charge in [0.05, 0.1) is 16.9 Å². The number of amides is 1. The lowest BCUT2D eigenvalue weighted by atomic mass is 9.77. The van der Waals surface area contributed by atoms with Gasteiger partial charge in [0.25, 0.3) is 0 Å². The van der Waals surface area contributed by atoms with Gasteiger partial charge in [-0.25, -0.2) is 4.79 Å². The highest BCUT2D eigenvalue weighted by Gasteiger charge is 2.52. The van der Waals surface area contributed by atoms with Gasteiger partial charge in [-0.1, -0.05) is 72.8 Å². The van der Waals surface area contributed by atoms with E-state index in [1.165, 1.54) is 22.3 Å². The van der Waals surface area contributed by atoms with Crippen molar-refractivity contribution in [1.82, 2.24) is 5.32 Å². The fourth-order valence-corrected chi connectivity index (χ4v) is 4.97. The topological polar surface area (TPSA) is 94.8 Å². The van der Waals surface area contributed by atoms with Crippen molar-refractivity contribution in [3.63, 3.8) is 0 Å². The molecule has 1 fully saturated rings. The van der Waals surface area contributed by atoms with Crippen LogP contribution in [-0.2, 0) is 14.0 Å². The minimum Gasteiger partial charge on any atom is -0.449 e. The van der Waals surface area contributed by atoms with Crippen molar-refractivity contribution in [2.75, 3.05) is 18.6 Å². The van der Waals surface area contributed by atoms with Crippen LogP contribution in [0.3, 0.4) is 0 Å². The highest BCUT2D eigenvalue weighted by atomic mass is 16.7. The molecule has 3 aromatic carbocycles. The monoisotopic (exact) mass is 511 g/mol.